The van der Waals surface area contributed by atoms with Crippen molar-refractivity contribution in [3.63, 3.8) is 0 Å². The molecule has 10 heteroatoms. The summed E-state index contributed by atoms with van der Waals surface area (Å²) in [7, 11) is 2.72. The van der Waals surface area contributed by atoms with Crippen LogP contribution in [0.3, 0.4) is 0 Å². The van der Waals surface area contributed by atoms with E-state index < -0.39 is 22.1 Å². The standard InChI is InChI=1S/C13H13N5O5/c1-16-10(7-11(19)17(2)13(16)21)14-15-12(20)8-5-3-4-6-9(8)18(22)23/h3-7,14H,1-2H3,(H,15,20). The number of rotatable bonds is 4. The van der Waals surface area contributed by atoms with Gasteiger partial charge in [-0.05, 0) is 6.07 Å². The van der Waals surface area contributed by atoms with E-state index in [1.807, 2.05) is 0 Å². The maximum atomic E-state index is 12.0. The summed E-state index contributed by atoms with van der Waals surface area (Å²) in [4.78, 5) is 45.6. The zero-order valence-electron chi connectivity index (χ0n) is 12.3. The van der Waals surface area contributed by atoms with Gasteiger partial charge in [0, 0.05) is 26.2 Å². The zero-order chi connectivity index (χ0) is 17.1. The van der Waals surface area contributed by atoms with Crippen molar-refractivity contribution < 1.29 is 9.72 Å². The van der Waals surface area contributed by atoms with Gasteiger partial charge >= 0.3 is 5.69 Å². The van der Waals surface area contributed by atoms with E-state index in [4.69, 9.17) is 0 Å². The average Bonchev–Trinajstić information content (AvgIpc) is 2.54. The normalized spacial score (nSPS) is 10.2. The molecule has 0 saturated heterocycles. The second-order valence-electron chi connectivity index (χ2n) is 4.62. The van der Waals surface area contributed by atoms with Crippen LogP contribution in [0.2, 0.25) is 0 Å². The van der Waals surface area contributed by atoms with Crippen molar-refractivity contribution in [1.82, 2.24) is 14.6 Å². The number of hydrogen-bond donors (Lipinski definition) is 2. The molecule has 0 unspecified atom stereocenters. The maximum Gasteiger partial charge on any atom is 0.332 e. The molecule has 23 heavy (non-hydrogen) atoms. The number of carbonyl (C=O) groups is 1. The molecule has 10 nitrogen and oxygen atoms in total. The molecule has 0 atom stereocenters. The van der Waals surface area contributed by atoms with Gasteiger partial charge in [-0.15, -0.1) is 0 Å². The minimum absolute atomic E-state index is 0.0463. The predicted molar refractivity (Wildman–Crippen MR) is 81.1 cm³/mol. The summed E-state index contributed by atoms with van der Waals surface area (Å²) >= 11 is 0. The van der Waals surface area contributed by atoms with Gasteiger partial charge in [0.2, 0.25) is 0 Å². The van der Waals surface area contributed by atoms with Crippen LogP contribution in [-0.2, 0) is 14.1 Å². The number of nitro groups is 1. The summed E-state index contributed by atoms with van der Waals surface area (Å²) in [5, 5.41) is 10.9. The number of nitro benzene ring substituents is 1. The Morgan fingerprint density at radius 2 is 1.83 bits per heavy atom. The van der Waals surface area contributed by atoms with Crippen LogP contribution < -0.4 is 22.1 Å². The van der Waals surface area contributed by atoms with Gasteiger partial charge in [0.05, 0.1) is 4.92 Å². The molecule has 120 valence electrons. The van der Waals surface area contributed by atoms with Crippen LogP contribution in [0.5, 0.6) is 0 Å². The number of hydrazine groups is 1. The molecule has 0 aliphatic heterocycles. The molecular formula is C13H13N5O5. The van der Waals surface area contributed by atoms with Crippen molar-refractivity contribution in [3.8, 4) is 0 Å². The van der Waals surface area contributed by atoms with Crippen molar-refractivity contribution in [2.45, 2.75) is 0 Å². The lowest BCUT2D eigenvalue weighted by atomic mass is 10.2. The molecule has 1 amide bonds. The molecule has 2 rings (SSSR count). The summed E-state index contributed by atoms with van der Waals surface area (Å²) in [6.45, 7) is 0. The molecule has 1 heterocycles. The third-order valence-electron chi connectivity index (χ3n) is 3.18. The largest absolute Gasteiger partial charge is 0.332 e. The van der Waals surface area contributed by atoms with E-state index in [9.17, 15) is 24.5 Å². The number of anilines is 1. The first-order valence-corrected chi connectivity index (χ1v) is 6.39. The maximum absolute atomic E-state index is 12.0. The van der Waals surface area contributed by atoms with Gasteiger partial charge in [0.25, 0.3) is 17.2 Å². The van der Waals surface area contributed by atoms with Crippen LogP contribution in [-0.4, -0.2) is 20.0 Å². The lowest BCUT2D eigenvalue weighted by molar-refractivity contribution is -0.385. The quantitative estimate of drug-likeness (QED) is 0.590. The van der Waals surface area contributed by atoms with Crippen LogP contribution >= 0.6 is 0 Å². The van der Waals surface area contributed by atoms with Crippen molar-refractivity contribution >= 4 is 17.4 Å². The first kappa shape index (κ1) is 15.9. The first-order valence-electron chi connectivity index (χ1n) is 6.39. The van der Waals surface area contributed by atoms with E-state index in [0.717, 1.165) is 15.2 Å². The van der Waals surface area contributed by atoms with Crippen molar-refractivity contribution in [2.75, 3.05) is 5.43 Å². The fraction of sp³-hybridized carbons (Fsp3) is 0.154. The van der Waals surface area contributed by atoms with E-state index in [2.05, 4.69) is 10.9 Å². The Balaban J connectivity index is 2.26. The van der Waals surface area contributed by atoms with Gasteiger partial charge in [0.1, 0.15) is 11.4 Å². The third-order valence-corrected chi connectivity index (χ3v) is 3.18. The minimum atomic E-state index is -0.773. The topological polar surface area (TPSA) is 128 Å². The van der Waals surface area contributed by atoms with Crippen LogP contribution in [0.1, 0.15) is 10.4 Å². The second-order valence-corrected chi connectivity index (χ2v) is 4.62. The average molecular weight is 319 g/mol. The molecule has 2 aromatic rings. The molecule has 0 spiro atoms. The number of hydrogen-bond acceptors (Lipinski definition) is 6. The van der Waals surface area contributed by atoms with Crippen molar-refractivity contribution in [1.29, 1.82) is 0 Å². The fourth-order valence-corrected chi connectivity index (χ4v) is 1.87. The number of carbonyl (C=O) groups excluding carboxylic acids is 1. The molecular weight excluding hydrogens is 306 g/mol. The molecule has 1 aromatic heterocycles. The van der Waals surface area contributed by atoms with Crippen LogP contribution in [0.25, 0.3) is 0 Å². The summed E-state index contributed by atoms with van der Waals surface area (Å²) in [6.07, 6.45) is 0. The molecule has 0 aliphatic carbocycles. The van der Waals surface area contributed by atoms with E-state index in [1.54, 1.807) is 0 Å². The molecule has 0 radical (unpaired) electrons. The van der Waals surface area contributed by atoms with Gasteiger partial charge < -0.3 is 0 Å². The van der Waals surface area contributed by atoms with Crippen molar-refractivity contribution in [3.05, 3.63) is 66.8 Å². The Morgan fingerprint density at radius 3 is 2.48 bits per heavy atom. The molecule has 2 N–H and O–H groups in total. The van der Waals surface area contributed by atoms with Gasteiger partial charge in [0.15, 0.2) is 0 Å². The summed E-state index contributed by atoms with van der Waals surface area (Å²) in [6, 6.07) is 6.52. The number of para-hydroxylation sites is 1. The Bertz CT molecular complexity index is 898. The molecule has 0 aliphatic rings. The first-order chi connectivity index (χ1) is 10.8. The van der Waals surface area contributed by atoms with Gasteiger partial charge in [-0.2, -0.15) is 0 Å². The lowest BCUT2D eigenvalue weighted by Crippen LogP contribution is -2.40. The Kier molecular flexibility index (Phi) is 4.25. The smallest absolute Gasteiger partial charge is 0.283 e. The lowest BCUT2D eigenvalue weighted by Gasteiger charge is -2.12. The monoisotopic (exact) mass is 319 g/mol. The molecule has 0 saturated carbocycles. The van der Waals surface area contributed by atoms with Gasteiger partial charge in [-0.1, -0.05) is 12.1 Å². The predicted octanol–water partition coefficient (Wildman–Crippen LogP) is -0.251. The van der Waals surface area contributed by atoms with Crippen LogP contribution in [0, 0.1) is 10.1 Å². The zero-order valence-corrected chi connectivity index (χ0v) is 12.3. The molecule has 0 bridgehead atoms. The highest BCUT2D eigenvalue weighted by Crippen LogP contribution is 2.17. The number of nitrogens with one attached hydrogen (secondary N) is 2. The number of nitrogens with zero attached hydrogens (tertiary/aromatic N) is 3. The van der Waals surface area contributed by atoms with Gasteiger partial charge in [-0.25, -0.2) is 4.79 Å². The SMILES string of the molecule is Cn1c(NNC(=O)c2ccccc2[N+](=O)[O-])cc(=O)n(C)c1=O. The molecule has 0 fully saturated rings. The number of amides is 1. The fourth-order valence-electron chi connectivity index (χ4n) is 1.87. The summed E-state index contributed by atoms with van der Waals surface area (Å²) < 4.78 is 2.01. The highest BCUT2D eigenvalue weighted by atomic mass is 16.6. The molecule has 1 aromatic carbocycles. The highest BCUT2D eigenvalue weighted by molar-refractivity contribution is 5.98. The summed E-state index contributed by atoms with van der Waals surface area (Å²) in [5.41, 5.74) is 2.98. The van der Waals surface area contributed by atoms with Crippen molar-refractivity contribution in [2.24, 2.45) is 14.1 Å². The summed E-state index contributed by atoms with van der Waals surface area (Å²) in [5.74, 6) is -0.726. The second kappa shape index (κ2) is 6.13. The number of aromatic nitrogens is 2. The highest BCUT2D eigenvalue weighted by Gasteiger charge is 2.19. The Morgan fingerprint density at radius 1 is 1.17 bits per heavy atom. The number of benzene rings is 1. The van der Waals surface area contributed by atoms with Crippen LogP contribution in [0.15, 0.2) is 39.9 Å². The van der Waals surface area contributed by atoms with E-state index in [-0.39, 0.29) is 17.1 Å². The Hall–Kier alpha value is -3.43. The Labute approximate surface area is 129 Å². The minimum Gasteiger partial charge on any atom is -0.283 e. The van der Waals surface area contributed by atoms with Crippen LogP contribution in [0.4, 0.5) is 11.5 Å². The van der Waals surface area contributed by atoms with E-state index in [1.165, 1.54) is 38.4 Å². The van der Waals surface area contributed by atoms with E-state index in [0.29, 0.717) is 0 Å². The van der Waals surface area contributed by atoms with Gasteiger partial charge in [-0.3, -0.25) is 39.7 Å². The third kappa shape index (κ3) is 3.10. The van der Waals surface area contributed by atoms with E-state index >= 15 is 0 Å².